The summed E-state index contributed by atoms with van der Waals surface area (Å²) in [5, 5.41) is 0. The van der Waals surface area contributed by atoms with Crippen LogP contribution in [0.5, 0.6) is 11.5 Å². The first-order chi connectivity index (χ1) is 9.22. The lowest BCUT2D eigenvalue weighted by Gasteiger charge is -2.42. The van der Waals surface area contributed by atoms with E-state index in [0.717, 1.165) is 43.9 Å². The van der Waals surface area contributed by atoms with Crippen LogP contribution in [0.25, 0.3) is 0 Å². The van der Waals surface area contributed by atoms with Gasteiger partial charge in [0.15, 0.2) is 11.5 Å². The molecule has 4 nitrogen and oxygen atoms in total. The van der Waals surface area contributed by atoms with E-state index in [9.17, 15) is 0 Å². The van der Waals surface area contributed by atoms with Crippen molar-refractivity contribution in [3.8, 4) is 11.5 Å². The lowest BCUT2D eigenvalue weighted by atomic mass is 9.85. The van der Waals surface area contributed by atoms with Gasteiger partial charge >= 0.3 is 0 Å². The number of methoxy groups -OCH3 is 2. The van der Waals surface area contributed by atoms with E-state index in [4.69, 9.17) is 15.2 Å². The Hall–Kier alpha value is -1.26. The molecule has 2 aliphatic heterocycles. The van der Waals surface area contributed by atoms with Gasteiger partial charge in [-0.25, -0.2) is 0 Å². The summed E-state index contributed by atoms with van der Waals surface area (Å²) in [7, 11) is 3.38. The summed E-state index contributed by atoms with van der Waals surface area (Å²) in [5.41, 5.74) is 8.90. The molecule has 2 N–H and O–H groups in total. The fraction of sp³-hybridized carbons (Fsp3) is 0.600. The van der Waals surface area contributed by atoms with Crippen LogP contribution in [0.4, 0.5) is 0 Å². The molecule has 1 saturated heterocycles. The average molecular weight is 262 g/mol. The number of piperidine rings is 1. The van der Waals surface area contributed by atoms with E-state index in [1.54, 1.807) is 14.2 Å². The van der Waals surface area contributed by atoms with Crippen LogP contribution in [0, 0.1) is 0 Å². The first-order valence-electron chi connectivity index (χ1n) is 6.97. The Morgan fingerprint density at radius 2 is 1.89 bits per heavy atom. The van der Waals surface area contributed by atoms with Crippen molar-refractivity contribution in [2.24, 2.45) is 5.73 Å². The monoisotopic (exact) mass is 262 g/mol. The quantitative estimate of drug-likeness (QED) is 0.881. The maximum atomic E-state index is 6.14. The smallest absolute Gasteiger partial charge is 0.161 e. The van der Waals surface area contributed by atoms with Gasteiger partial charge in [0.05, 0.1) is 14.2 Å². The molecule has 0 bridgehead atoms. The third-order valence-electron chi connectivity index (χ3n) is 4.43. The molecule has 0 saturated carbocycles. The van der Waals surface area contributed by atoms with Crippen molar-refractivity contribution in [3.63, 3.8) is 0 Å². The van der Waals surface area contributed by atoms with E-state index < -0.39 is 0 Å². The molecule has 1 aromatic carbocycles. The van der Waals surface area contributed by atoms with Gasteiger partial charge in [-0.05, 0) is 42.5 Å². The topological polar surface area (TPSA) is 47.7 Å². The molecule has 2 aliphatic rings. The van der Waals surface area contributed by atoms with Gasteiger partial charge in [-0.3, -0.25) is 4.90 Å². The van der Waals surface area contributed by atoms with Gasteiger partial charge in [0.2, 0.25) is 0 Å². The van der Waals surface area contributed by atoms with Crippen LogP contribution >= 0.6 is 0 Å². The van der Waals surface area contributed by atoms with E-state index in [1.807, 2.05) is 0 Å². The summed E-state index contributed by atoms with van der Waals surface area (Å²) in [5.74, 6) is 1.65. The Morgan fingerprint density at radius 1 is 1.16 bits per heavy atom. The molecule has 1 fully saturated rings. The van der Waals surface area contributed by atoms with Crippen molar-refractivity contribution in [3.05, 3.63) is 23.3 Å². The first kappa shape index (κ1) is 12.8. The van der Waals surface area contributed by atoms with Crippen LogP contribution in [-0.2, 0) is 6.42 Å². The highest BCUT2D eigenvalue weighted by Gasteiger charge is 2.33. The molecule has 0 amide bonds. The van der Waals surface area contributed by atoms with Gasteiger partial charge in [0.1, 0.15) is 0 Å². The van der Waals surface area contributed by atoms with Crippen LogP contribution in [0.15, 0.2) is 12.1 Å². The zero-order chi connectivity index (χ0) is 13.4. The normalized spacial score (nSPS) is 26.5. The summed E-state index contributed by atoms with van der Waals surface area (Å²) < 4.78 is 10.8. The zero-order valence-corrected chi connectivity index (χ0v) is 11.7. The minimum Gasteiger partial charge on any atom is -0.493 e. The highest BCUT2D eigenvalue weighted by Crippen LogP contribution is 2.41. The minimum absolute atomic E-state index is 0.320. The number of fused-ring (bicyclic) bond motifs is 3. The van der Waals surface area contributed by atoms with Crippen molar-refractivity contribution in [2.75, 3.05) is 27.3 Å². The summed E-state index contributed by atoms with van der Waals surface area (Å²) in [6.07, 6.45) is 3.24. The molecule has 3 rings (SSSR count). The maximum Gasteiger partial charge on any atom is 0.161 e. The van der Waals surface area contributed by atoms with Gasteiger partial charge in [-0.2, -0.15) is 0 Å². The van der Waals surface area contributed by atoms with E-state index in [1.165, 1.54) is 11.1 Å². The summed E-state index contributed by atoms with van der Waals surface area (Å²) in [6, 6.07) is 5.04. The van der Waals surface area contributed by atoms with E-state index >= 15 is 0 Å². The number of ether oxygens (including phenoxy) is 2. The number of benzene rings is 1. The Labute approximate surface area is 114 Å². The van der Waals surface area contributed by atoms with Crippen molar-refractivity contribution in [1.82, 2.24) is 4.90 Å². The largest absolute Gasteiger partial charge is 0.493 e. The Bertz CT molecular complexity index is 475. The molecule has 0 radical (unpaired) electrons. The molecule has 2 heterocycles. The lowest BCUT2D eigenvalue weighted by Crippen LogP contribution is -2.45. The number of nitrogens with zero attached hydrogens (tertiary/aromatic N) is 1. The average Bonchev–Trinajstić information content (AvgIpc) is 2.45. The molecule has 2 atom stereocenters. The first-order valence-corrected chi connectivity index (χ1v) is 6.97. The Morgan fingerprint density at radius 3 is 2.63 bits per heavy atom. The minimum atomic E-state index is 0.320. The molecule has 1 aromatic rings. The maximum absolute atomic E-state index is 6.14. The van der Waals surface area contributed by atoms with Gasteiger partial charge in [-0.15, -0.1) is 0 Å². The van der Waals surface area contributed by atoms with Crippen LogP contribution in [0.1, 0.15) is 30.0 Å². The molecule has 0 aromatic heterocycles. The Balaban J connectivity index is 2.01. The number of hydrogen-bond donors (Lipinski definition) is 1. The predicted molar refractivity (Wildman–Crippen MR) is 74.8 cm³/mol. The van der Waals surface area contributed by atoms with E-state index in [2.05, 4.69) is 17.0 Å². The fourth-order valence-electron chi connectivity index (χ4n) is 3.36. The predicted octanol–water partition coefficient (Wildman–Crippen LogP) is 1.72. The highest BCUT2D eigenvalue weighted by atomic mass is 16.5. The van der Waals surface area contributed by atoms with Crippen molar-refractivity contribution < 1.29 is 9.47 Å². The third kappa shape index (κ3) is 2.19. The zero-order valence-electron chi connectivity index (χ0n) is 11.7. The van der Waals surface area contributed by atoms with Crippen molar-refractivity contribution in [1.29, 1.82) is 0 Å². The molecule has 19 heavy (non-hydrogen) atoms. The number of hydrogen-bond acceptors (Lipinski definition) is 4. The Kier molecular flexibility index (Phi) is 3.37. The molecule has 0 unspecified atom stereocenters. The van der Waals surface area contributed by atoms with Crippen molar-refractivity contribution in [2.45, 2.75) is 31.3 Å². The molecule has 0 aliphatic carbocycles. The number of rotatable bonds is 2. The molecule has 4 heteroatoms. The number of nitrogens with two attached hydrogens (primary N) is 1. The summed E-state index contributed by atoms with van der Waals surface area (Å²) >= 11 is 0. The third-order valence-corrected chi connectivity index (χ3v) is 4.43. The van der Waals surface area contributed by atoms with Crippen LogP contribution in [0.2, 0.25) is 0 Å². The lowest BCUT2D eigenvalue weighted by molar-refractivity contribution is 0.126. The van der Waals surface area contributed by atoms with Crippen LogP contribution < -0.4 is 15.2 Å². The molecule has 104 valence electrons. The van der Waals surface area contributed by atoms with Crippen molar-refractivity contribution >= 4 is 0 Å². The second-order valence-corrected chi connectivity index (χ2v) is 5.49. The van der Waals surface area contributed by atoms with E-state index in [-0.39, 0.29) is 0 Å². The van der Waals surface area contributed by atoms with Crippen LogP contribution in [-0.4, -0.2) is 38.3 Å². The van der Waals surface area contributed by atoms with Gasteiger partial charge in [-0.1, -0.05) is 0 Å². The van der Waals surface area contributed by atoms with Crippen LogP contribution in [0.3, 0.4) is 0 Å². The SMILES string of the molecule is COc1cc2c(cc1OC)[C@@H]1C[C@H](N)CCN1CC2. The summed E-state index contributed by atoms with van der Waals surface area (Å²) in [6.45, 7) is 2.24. The standard InChI is InChI=1S/C15H22N2O2/c1-18-14-7-10-3-5-17-6-4-11(16)8-13(17)12(10)9-15(14)19-2/h7,9,11,13H,3-6,8,16H2,1-2H3/t11-,13+/m1/s1. The second kappa shape index (κ2) is 5.02. The summed E-state index contributed by atoms with van der Waals surface area (Å²) in [4.78, 5) is 2.55. The molecular formula is C15H22N2O2. The second-order valence-electron chi connectivity index (χ2n) is 5.49. The fourth-order valence-corrected chi connectivity index (χ4v) is 3.36. The van der Waals surface area contributed by atoms with Gasteiger partial charge in [0, 0.05) is 25.2 Å². The van der Waals surface area contributed by atoms with Gasteiger partial charge < -0.3 is 15.2 Å². The van der Waals surface area contributed by atoms with Gasteiger partial charge in [0.25, 0.3) is 0 Å². The molecule has 0 spiro atoms. The molecular weight excluding hydrogens is 240 g/mol. The van der Waals surface area contributed by atoms with E-state index in [0.29, 0.717) is 12.1 Å². The highest BCUT2D eigenvalue weighted by molar-refractivity contribution is 5.49.